The van der Waals surface area contributed by atoms with Crippen molar-refractivity contribution in [3.05, 3.63) is 24.0 Å². The fourth-order valence-corrected chi connectivity index (χ4v) is 1.57. The predicted octanol–water partition coefficient (Wildman–Crippen LogP) is 1.26. The Hall–Kier alpha value is -2.15. The van der Waals surface area contributed by atoms with Crippen molar-refractivity contribution < 1.29 is 19.4 Å². The van der Waals surface area contributed by atoms with Gasteiger partial charge in [0.1, 0.15) is 0 Å². The summed E-state index contributed by atoms with van der Waals surface area (Å²) in [4.78, 5) is 26.2. The summed E-state index contributed by atoms with van der Waals surface area (Å²) in [6.07, 6.45) is 2.05. The lowest BCUT2D eigenvalue weighted by Crippen LogP contribution is -2.40. The van der Waals surface area contributed by atoms with Gasteiger partial charge in [0.15, 0.2) is 0 Å². The first kappa shape index (κ1) is 15.9. The molecule has 0 aliphatic rings. The average Bonchev–Trinajstić information content (AvgIpc) is 2.40. The summed E-state index contributed by atoms with van der Waals surface area (Å²) < 4.78 is 4.99. The number of nitrogens with zero attached hydrogens (tertiary/aromatic N) is 1. The summed E-state index contributed by atoms with van der Waals surface area (Å²) in [7, 11) is 1.58. The number of amides is 2. The summed E-state index contributed by atoms with van der Waals surface area (Å²) in [5.74, 6) is -0.943. The minimum atomic E-state index is -0.943. The third-order valence-electron chi connectivity index (χ3n) is 2.61. The molecule has 0 fully saturated rings. The third kappa shape index (κ3) is 5.66. The molecular weight excluding hydrogens is 262 g/mol. The topological polar surface area (TPSA) is 101 Å². The van der Waals surface area contributed by atoms with Gasteiger partial charge in [0.2, 0.25) is 0 Å². The summed E-state index contributed by atoms with van der Waals surface area (Å²) in [5, 5.41) is 14.0. The molecule has 7 nitrogen and oxygen atoms in total. The molecule has 3 N–H and O–H groups in total. The van der Waals surface area contributed by atoms with Crippen LogP contribution in [0, 0.1) is 0 Å². The molecule has 0 saturated carbocycles. The quantitative estimate of drug-likeness (QED) is 0.698. The number of aromatic nitrogens is 1. The lowest BCUT2D eigenvalue weighted by Gasteiger charge is -2.16. The van der Waals surface area contributed by atoms with Gasteiger partial charge >= 0.3 is 12.0 Å². The molecule has 0 aliphatic heterocycles. The van der Waals surface area contributed by atoms with Crippen LogP contribution < -0.4 is 10.6 Å². The van der Waals surface area contributed by atoms with Gasteiger partial charge in [-0.2, -0.15) is 0 Å². The Bertz CT molecular complexity index is 447. The maximum Gasteiger partial charge on any atom is 0.319 e. The number of hydrogen-bond acceptors (Lipinski definition) is 4. The molecule has 110 valence electrons. The second kappa shape index (κ2) is 8.11. The number of methoxy groups -OCH3 is 1. The van der Waals surface area contributed by atoms with Crippen molar-refractivity contribution in [1.82, 2.24) is 10.3 Å². The van der Waals surface area contributed by atoms with Crippen LogP contribution in [-0.4, -0.2) is 41.8 Å². The van der Waals surface area contributed by atoms with Crippen molar-refractivity contribution in [2.75, 3.05) is 19.0 Å². The molecule has 1 heterocycles. The number of hydrogen-bond donors (Lipinski definition) is 3. The summed E-state index contributed by atoms with van der Waals surface area (Å²) in [6.45, 7) is 2.39. The zero-order valence-corrected chi connectivity index (χ0v) is 11.5. The highest BCUT2D eigenvalue weighted by atomic mass is 16.5. The molecule has 0 aromatic carbocycles. The maximum absolute atomic E-state index is 11.7. The first-order chi connectivity index (χ1) is 9.55. The number of urea groups is 1. The Morgan fingerprint density at radius 3 is 2.70 bits per heavy atom. The van der Waals surface area contributed by atoms with E-state index in [2.05, 4.69) is 15.6 Å². The lowest BCUT2D eigenvalue weighted by atomic mass is 10.2. The second-order valence-electron chi connectivity index (χ2n) is 4.27. The van der Waals surface area contributed by atoms with Crippen LogP contribution >= 0.6 is 0 Å². The van der Waals surface area contributed by atoms with E-state index in [0.717, 1.165) is 6.42 Å². The first-order valence-electron chi connectivity index (χ1n) is 6.28. The van der Waals surface area contributed by atoms with Gasteiger partial charge in [0, 0.05) is 7.11 Å². The summed E-state index contributed by atoms with van der Waals surface area (Å²) in [6, 6.07) is 2.78. The molecule has 20 heavy (non-hydrogen) atoms. The van der Waals surface area contributed by atoms with Crippen molar-refractivity contribution in [2.45, 2.75) is 25.8 Å². The van der Waals surface area contributed by atoms with E-state index in [4.69, 9.17) is 9.84 Å². The smallest absolute Gasteiger partial charge is 0.319 e. The molecule has 1 atom stereocenters. The standard InChI is InChI=1S/C13H19N3O4/c1-3-9(8-20-2)15-13(19)16-11-5-4-10(14-7-11)6-12(17)18/h4-5,7,9H,3,6,8H2,1-2H3,(H,17,18)(H2,15,16,19). The van der Waals surface area contributed by atoms with Crippen molar-refractivity contribution in [1.29, 1.82) is 0 Å². The van der Waals surface area contributed by atoms with Crippen LogP contribution in [0.3, 0.4) is 0 Å². The molecule has 0 radical (unpaired) electrons. The molecule has 2 amide bonds. The fourth-order valence-electron chi connectivity index (χ4n) is 1.57. The number of carbonyl (C=O) groups excluding carboxylic acids is 1. The SMILES string of the molecule is CCC(COC)NC(=O)Nc1ccc(CC(=O)O)nc1. The Kier molecular flexibility index (Phi) is 6.45. The number of rotatable bonds is 7. The fraction of sp³-hybridized carbons (Fsp3) is 0.462. The van der Waals surface area contributed by atoms with Crippen LogP contribution in [-0.2, 0) is 16.0 Å². The van der Waals surface area contributed by atoms with E-state index < -0.39 is 5.97 Å². The van der Waals surface area contributed by atoms with E-state index in [1.165, 1.54) is 6.20 Å². The molecule has 1 aromatic heterocycles. The normalized spacial score (nSPS) is 11.7. The van der Waals surface area contributed by atoms with Gasteiger partial charge in [-0.05, 0) is 18.6 Å². The van der Waals surface area contributed by atoms with Gasteiger partial charge in [-0.3, -0.25) is 9.78 Å². The third-order valence-corrected chi connectivity index (χ3v) is 2.61. The molecule has 1 unspecified atom stereocenters. The van der Waals surface area contributed by atoms with Crippen molar-refractivity contribution in [3.63, 3.8) is 0 Å². The van der Waals surface area contributed by atoms with Crippen LogP contribution in [0.4, 0.5) is 10.5 Å². The van der Waals surface area contributed by atoms with E-state index in [9.17, 15) is 9.59 Å². The van der Waals surface area contributed by atoms with Crippen LogP contribution in [0.5, 0.6) is 0 Å². The maximum atomic E-state index is 11.7. The van der Waals surface area contributed by atoms with E-state index in [1.54, 1.807) is 19.2 Å². The Balaban J connectivity index is 2.51. The summed E-state index contributed by atoms with van der Waals surface area (Å²) in [5.41, 5.74) is 0.943. The number of carbonyl (C=O) groups is 2. The van der Waals surface area contributed by atoms with Gasteiger partial charge in [-0.25, -0.2) is 4.79 Å². The monoisotopic (exact) mass is 281 g/mol. The predicted molar refractivity (Wildman–Crippen MR) is 73.7 cm³/mol. The molecule has 1 rings (SSSR count). The largest absolute Gasteiger partial charge is 0.481 e. The number of carboxylic acids is 1. The molecule has 7 heteroatoms. The Morgan fingerprint density at radius 1 is 1.45 bits per heavy atom. The Morgan fingerprint density at radius 2 is 2.20 bits per heavy atom. The van der Waals surface area contributed by atoms with Crippen LogP contribution in [0.25, 0.3) is 0 Å². The number of anilines is 1. The van der Waals surface area contributed by atoms with E-state index in [0.29, 0.717) is 18.0 Å². The zero-order valence-electron chi connectivity index (χ0n) is 11.5. The highest BCUT2D eigenvalue weighted by Gasteiger charge is 2.10. The number of pyridine rings is 1. The number of carboxylic acid groups (broad SMARTS) is 1. The second-order valence-corrected chi connectivity index (χ2v) is 4.27. The van der Waals surface area contributed by atoms with Gasteiger partial charge in [0.25, 0.3) is 0 Å². The molecule has 0 saturated heterocycles. The van der Waals surface area contributed by atoms with Crippen LogP contribution in [0.1, 0.15) is 19.0 Å². The highest BCUT2D eigenvalue weighted by Crippen LogP contribution is 2.06. The zero-order chi connectivity index (χ0) is 15.0. The van der Waals surface area contributed by atoms with E-state index in [-0.39, 0.29) is 18.5 Å². The molecule has 0 bridgehead atoms. The number of nitrogens with one attached hydrogen (secondary N) is 2. The van der Waals surface area contributed by atoms with Crippen molar-refractivity contribution in [3.8, 4) is 0 Å². The number of ether oxygens (including phenoxy) is 1. The van der Waals surface area contributed by atoms with Gasteiger partial charge in [-0.1, -0.05) is 6.92 Å². The van der Waals surface area contributed by atoms with E-state index in [1.807, 2.05) is 6.92 Å². The van der Waals surface area contributed by atoms with Crippen molar-refractivity contribution >= 4 is 17.7 Å². The van der Waals surface area contributed by atoms with E-state index >= 15 is 0 Å². The molecule has 0 aliphatic carbocycles. The molecular formula is C13H19N3O4. The van der Waals surface area contributed by atoms with Gasteiger partial charge in [-0.15, -0.1) is 0 Å². The molecule has 0 spiro atoms. The van der Waals surface area contributed by atoms with Crippen LogP contribution in [0.2, 0.25) is 0 Å². The Labute approximate surface area is 117 Å². The van der Waals surface area contributed by atoms with Crippen LogP contribution in [0.15, 0.2) is 18.3 Å². The summed E-state index contributed by atoms with van der Waals surface area (Å²) >= 11 is 0. The minimum Gasteiger partial charge on any atom is -0.481 e. The highest BCUT2D eigenvalue weighted by molar-refractivity contribution is 5.89. The van der Waals surface area contributed by atoms with Crippen molar-refractivity contribution in [2.24, 2.45) is 0 Å². The van der Waals surface area contributed by atoms with Gasteiger partial charge in [0.05, 0.1) is 36.6 Å². The minimum absolute atomic E-state index is 0.0563. The first-order valence-corrected chi connectivity index (χ1v) is 6.28. The lowest BCUT2D eigenvalue weighted by molar-refractivity contribution is -0.136. The number of aliphatic carboxylic acids is 1. The molecule has 1 aromatic rings. The average molecular weight is 281 g/mol. The van der Waals surface area contributed by atoms with Gasteiger partial charge < -0.3 is 20.5 Å².